The van der Waals surface area contributed by atoms with Crippen LogP contribution in [0.2, 0.25) is 0 Å². The van der Waals surface area contributed by atoms with Crippen molar-refractivity contribution in [3.05, 3.63) is 4.91 Å². The van der Waals surface area contributed by atoms with Gasteiger partial charge in [-0.05, 0) is 6.42 Å². The van der Waals surface area contributed by atoms with Crippen LogP contribution in [0.25, 0.3) is 0 Å². The van der Waals surface area contributed by atoms with Crippen molar-refractivity contribution in [3.63, 3.8) is 0 Å². The lowest BCUT2D eigenvalue weighted by atomic mass is 9.55. The van der Waals surface area contributed by atoms with Gasteiger partial charge in [0.05, 0.1) is 6.10 Å². The van der Waals surface area contributed by atoms with Crippen LogP contribution in [-0.2, 0) is 4.79 Å². The Morgan fingerprint density at radius 2 is 2.00 bits per heavy atom. The van der Waals surface area contributed by atoms with Crippen LogP contribution < -0.4 is 0 Å². The standard InChI is InChI=1S/C10H15NO3/c1-9(2)6-5(12)4-10(6,3)8(13)7(9)11-14/h5-7,12H,4H2,1-3H3. The average Bonchev–Trinajstić information content (AvgIpc) is 2.12. The summed E-state index contributed by atoms with van der Waals surface area (Å²) in [7, 11) is 0. The van der Waals surface area contributed by atoms with Gasteiger partial charge in [0.25, 0.3) is 0 Å². The molecule has 4 nitrogen and oxygen atoms in total. The van der Waals surface area contributed by atoms with E-state index in [9.17, 15) is 14.8 Å². The lowest BCUT2D eigenvalue weighted by molar-refractivity contribution is -0.148. The maximum atomic E-state index is 11.9. The van der Waals surface area contributed by atoms with E-state index in [1.807, 2.05) is 20.8 Å². The number of ketones is 1. The molecule has 0 aromatic heterocycles. The summed E-state index contributed by atoms with van der Waals surface area (Å²) < 4.78 is 0. The molecule has 2 rings (SSSR count). The fourth-order valence-electron chi connectivity index (χ4n) is 3.52. The molecule has 2 aliphatic carbocycles. The first-order valence-electron chi connectivity index (χ1n) is 4.90. The predicted octanol–water partition coefficient (Wildman–Crippen LogP) is 1.12. The summed E-state index contributed by atoms with van der Waals surface area (Å²) in [6.07, 6.45) is 0.0251. The highest BCUT2D eigenvalue weighted by molar-refractivity contribution is 5.94. The van der Waals surface area contributed by atoms with Crippen LogP contribution in [0.1, 0.15) is 27.2 Å². The highest BCUT2D eigenvalue weighted by Gasteiger charge is 2.70. The highest BCUT2D eigenvalue weighted by atomic mass is 16.3. The van der Waals surface area contributed by atoms with Gasteiger partial charge >= 0.3 is 0 Å². The largest absolute Gasteiger partial charge is 0.393 e. The van der Waals surface area contributed by atoms with Gasteiger partial charge in [0.15, 0.2) is 11.8 Å². The van der Waals surface area contributed by atoms with Crippen molar-refractivity contribution >= 4 is 5.78 Å². The molecule has 0 aromatic carbocycles. The molecule has 0 spiro atoms. The van der Waals surface area contributed by atoms with Gasteiger partial charge < -0.3 is 5.11 Å². The van der Waals surface area contributed by atoms with E-state index in [1.165, 1.54) is 0 Å². The number of Topliss-reactive ketones (excluding diaryl/α,β-unsaturated/α-hetero) is 1. The van der Waals surface area contributed by atoms with Gasteiger partial charge in [-0.3, -0.25) is 4.79 Å². The third kappa shape index (κ3) is 0.804. The van der Waals surface area contributed by atoms with Crippen LogP contribution in [0.5, 0.6) is 0 Å². The molecule has 0 amide bonds. The van der Waals surface area contributed by atoms with Crippen molar-refractivity contribution in [2.24, 2.45) is 21.9 Å². The first-order chi connectivity index (χ1) is 6.35. The summed E-state index contributed by atoms with van der Waals surface area (Å²) >= 11 is 0. The Morgan fingerprint density at radius 3 is 2.36 bits per heavy atom. The number of carbonyl (C=O) groups is 1. The van der Waals surface area contributed by atoms with Crippen LogP contribution in [0.3, 0.4) is 0 Å². The predicted molar refractivity (Wildman–Crippen MR) is 50.6 cm³/mol. The molecule has 14 heavy (non-hydrogen) atoms. The van der Waals surface area contributed by atoms with Crippen molar-refractivity contribution in [2.75, 3.05) is 0 Å². The van der Waals surface area contributed by atoms with Gasteiger partial charge in [-0.15, -0.1) is 0 Å². The number of fused-ring (bicyclic) bond motifs is 1. The Morgan fingerprint density at radius 1 is 1.43 bits per heavy atom. The Labute approximate surface area is 82.7 Å². The summed E-state index contributed by atoms with van der Waals surface area (Å²) in [5, 5.41) is 12.6. The molecule has 4 unspecified atom stereocenters. The molecule has 4 heteroatoms. The molecule has 0 heterocycles. The number of aliphatic hydroxyl groups is 1. The maximum absolute atomic E-state index is 11.9. The fourth-order valence-corrected chi connectivity index (χ4v) is 3.52. The molecule has 2 fully saturated rings. The zero-order chi connectivity index (χ0) is 10.7. The van der Waals surface area contributed by atoms with Crippen molar-refractivity contribution in [2.45, 2.75) is 39.3 Å². The molecule has 2 aliphatic rings. The van der Waals surface area contributed by atoms with E-state index in [0.29, 0.717) is 6.42 Å². The minimum Gasteiger partial charge on any atom is -0.393 e. The zero-order valence-electron chi connectivity index (χ0n) is 8.65. The Bertz CT molecular complexity index is 312. The van der Waals surface area contributed by atoms with Crippen LogP contribution in [0, 0.1) is 21.7 Å². The molecule has 0 bridgehead atoms. The summed E-state index contributed by atoms with van der Waals surface area (Å²) in [5.41, 5.74) is -1.01. The molecule has 2 saturated carbocycles. The van der Waals surface area contributed by atoms with Crippen molar-refractivity contribution in [1.82, 2.24) is 0 Å². The van der Waals surface area contributed by atoms with E-state index in [-0.39, 0.29) is 11.7 Å². The molecule has 0 aromatic rings. The summed E-state index contributed by atoms with van der Waals surface area (Å²) in [4.78, 5) is 22.5. The molecule has 0 saturated heterocycles. The summed E-state index contributed by atoms with van der Waals surface area (Å²) in [5.74, 6) is -0.196. The van der Waals surface area contributed by atoms with E-state index in [4.69, 9.17) is 0 Å². The number of hydrogen-bond acceptors (Lipinski definition) is 4. The second kappa shape index (κ2) is 2.42. The molecule has 1 N–H and O–H groups in total. The number of rotatable bonds is 1. The molecule has 0 aliphatic heterocycles. The second-order valence-electron chi connectivity index (χ2n) is 5.36. The zero-order valence-corrected chi connectivity index (χ0v) is 8.65. The third-order valence-corrected chi connectivity index (χ3v) is 4.13. The molecule has 78 valence electrons. The van der Waals surface area contributed by atoms with Crippen LogP contribution in [-0.4, -0.2) is 23.0 Å². The van der Waals surface area contributed by atoms with Gasteiger partial charge in [0.1, 0.15) is 0 Å². The SMILES string of the molecule is CC12CC(O)C1C(C)(C)C(N=O)C2=O. The fraction of sp³-hybridized carbons (Fsp3) is 0.900. The first-order valence-corrected chi connectivity index (χ1v) is 4.90. The minimum absolute atomic E-state index is 0.0900. The molecular formula is C10H15NO3. The van der Waals surface area contributed by atoms with E-state index < -0.39 is 23.0 Å². The van der Waals surface area contributed by atoms with E-state index >= 15 is 0 Å². The van der Waals surface area contributed by atoms with Gasteiger partial charge in [-0.2, -0.15) is 4.91 Å². The Balaban J connectivity index is 2.45. The van der Waals surface area contributed by atoms with Gasteiger partial charge in [0.2, 0.25) is 0 Å². The van der Waals surface area contributed by atoms with Crippen LogP contribution >= 0.6 is 0 Å². The maximum Gasteiger partial charge on any atom is 0.167 e. The summed E-state index contributed by atoms with van der Waals surface area (Å²) in [6.45, 7) is 5.52. The van der Waals surface area contributed by atoms with E-state index in [2.05, 4.69) is 5.18 Å². The summed E-state index contributed by atoms with van der Waals surface area (Å²) in [6, 6.07) is -0.783. The normalized spacial score (nSPS) is 49.7. The quantitative estimate of drug-likeness (QED) is 0.640. The number of nitrogens with zero attached hydrogens (tertiary/aromatic N) is 1. The van der Waals surface area contributed by atoms with Crippen molar-refractivity contribution < 1.29 is 9.90 Å². The highest BCUT2D eigenvalue weighted by Crippen LogP contribution is 2.63. The average molecular weight is 197 g/mol. The monoisotopic (exact) mass is 197 g/mol. The number of hydrogen-bond donors (Lipinski definition) is 1. The van der Waals surface area contributed by atoms with Crippen LogP contribution in [0.15, 0.2) is 5.18 Å². The first kappa shape index (κ1) is 9.77. The lowest BCUT2D eigenvalue weighted by Gasteiger charge is -2.49. The minimum atomic E-state index is -0.783. The van der Waals surface area contributed by atoms with Crippen molar-refractivity contribution in [3.8, 4) is 0 Å². The van der Waals surface area contributed by atoms with Gasteiger partial charge in [-0.1, -0.05) is 25.9 Å². The third-order valence-electron chi connectivity index (χ3n) is 4.13. The lowest BCUT2D eigenvalue weighted by Crippen LogP contribution is -2.53. The molecular weight excluding hydrogens is 182 g/mol. The number of carbonyl (C=O) groups excluding carboxylic acids is 1. The van der Waals surface area contributed by atoms with Gasteiger partial charge in [-0.25, -0.2) is 0 Å². The number of aliphatic hydroxyl groups excluding tert-OH is 1. The molecule has 4 atom stereocenters. The Hall–Kier alpha value is -0.770. The topological polar surface area (TPSA) is 66.7 Å². The van der Waals surface area contributed by atoms with E-state index in [0.717, 1.165) is 0 Å². The van der Waals surface area contributed by atoms with E-state index in [1.54, 1.807) is 0 Å². The number of nitroso groups, excluding NO2 is 1. The second-order valence-corrected chi connectivity index (χ2v) is 5.36. The Kier molecular flexibility index (Phi) is 1.69. The smallest absolute Gasteiger partial charge is 0.167 e. The molecule has 0 radical (unpaired) electrons. The van der Waals surface area contributed by atoms with Gasteiger partial charge in [0, 0.05) is 16.7 Å². The van der Waals surface area contributed by atoms with Crippen molar-refractivity contribution in [1.29, 1.82) is 0 Å². The van der Waals surface area contributed by atoms with Crippen LogP contribution in [0.4, 0.5) is 0 Å².